The lowest BCUT2D eigenvalue weighted by Crippen LogP contribution is -2.31. The number of benzene rings is 1. The minimum Gasteiger partial charge on any atom is -0.472 e. The highest BCUT2D eigenvalue weighted by atomic mass is 16.6. The van der Waals surface area contributed by atoms with Crippen LogP contribution in [-0.4, -0.2) is 39.9 Å². The van der Waals surface area contributed by atoms with Gasteiger partial charge in [0.15, 0.2) is 0 Å². The minimum absolute atomic E-state index is 0.0284. The molecule has 0 radical (unpaired) electrons. The third-order valence-corrected chi connectivity index (χ3v) is 3.68. The molecular weight excluding hydrogens is 298 g/mol. The summed E-state index contributed by atoms with van der Waals surface area (Å²) >= 11 is 0. The zero-order chi connectivity index (χ0) is 16.2. The number of nitro groups is 1. The number of carbonyl (C=O) groups excluding carboxylic acids is 1. The molecule has 1 unspecified atom stereocenters. The van der Waals surface area contributed by atoms with Gasteiger partial charge in [-0.25, -0.2) is 4.98 Å². The highest BCUT2D eigenvalue weighted by Crippen LogP contribution is 2.19. The molecule has 3 rings (SSSR count). The van der Waals surface area contributed by atoms with Gasteiger partial charge >= 0.3 is 0 Å². The number of rotatable bonds is 4. The topological polar surface area (TPSA) is 85.6 Å². The van der Waals surface area contributed by atoms with Crippen LogP contribution < -0.4 is 4.74 Å². The van der Waals surface area contributed by atoms with Gasteiger partial charge in [0.25, 0.3) is 11.6 Å². The van der Waals surface area contributed by atoms with Gasteiger partial charge in [0.2, 0.25) is 5.88 Å². The molecule has 1 aromatic heterocycles. The maximum atomic E-state index is 12.4. The van der Waals surface area contributed by atoms with Gasteiger partial charge in [-0.05, 0) is 18.2 Å². The molecule has 1 atom stereocenters. The first-order valence-electron chi connectivity index (χ1n) is 7.25. The monoisotopic (exact) mass is 313 g/mol. The third kappa shape index (κ3) is 3.45. The van der Waals surface area contributed by atoms with Crippen LogP contribution in [0.5, 0.6) is 5.88 Å². The molecule has 0 saturated carbocycles. The molecule has 1 aliphatic rings. The van der Waals surface area contributed by atoms with E-state index in [4.69, 9.17) is 4.74 Å². The van der Waals surface area contributed by atoms with Gasteiger partial charge in [-0.3, -0.25) is 14.9 Å². The summed E-state index contributed by atoms with van der Waals surface area (Å²) in [6.07, 6.45) is 2.30. The standard InChI is InChI=1S/C16H15N3O4/c20-16(12-4-6-13(7-5-12)19(21)22)18-10-8-14(11-18)23-15-3-1-2-9-17-15/h1-7,9,14H,8,10-11H2. The Balaban J connectivity index is 1.62. The van der Waals surface area contributed by atoms with Crippen LogP contribution in [-0.2, 0) is 0 Å². The molecule has 1 amide bonds. The van der Waals surface area contributed by atoms with Crippen molar-refractivity contribution in [3.8, 4) is 5.88 Å². The fourth-order valence-corrected chi connectivity index (χ4v) is 2.50. The van der Waals surface area contributed by atoms with Crippen molar-refractivity contribution in [1.82, 2.24) is 9.88 Å². The molecule has 0 spiro atoms. The summed E-state index contributed by atoms with van der Waals surface area (Å²) in [5.41, 5.74) is 0.411. The number of carbonyl (C=O) groups is 1. The van der Waals surface area contributed by atoms with Gasteiger partial charge < -0.3 is 9.64 Å². The smallest absolute Gasteiger partial charge is 0.269 e. The molecule has 0 bridgehead atoms. The average molecular weight is 313 g/mol. The number of pyridine rings is 1. The van der Waals surface area contributed by atoms with Gasteiger partial charge in [-0.2, -0.15) is 0 Å². The third-order valence-electron chi connectivity index (χ3n) is 3.68. The number of hydrogen-bond acceptors (Lipinski definition) is 5. The highest BCUT2D eigenvalue weighted by molar-refractivity contribution is 5.94. The minimum atomic E-state index is -0.485. The fourth-order valence-electron chi connectivity index (χ4n) is 2.50. The predicted molar refractivity (Wildman–Crippen MR) is 82.3 cm³/mol. The normalized spacial score (nSPS) is 17.0. The van der Waals surface area contributed by atoms with Crippen LogP contribution >= 0.6 is 0 Å². The maximum Gasteiger partial charge on any atom is 0.269 e. The van der Waals surface area contributed by atoms with Crippen LogP contribution in [0.4, 0.5) is 5.69 Å². The van der Waals surface area contributed by atoms with E-state index in [1.54, 1.807) is 17.2 Å². The van der Waals surface area contributed by atoms with Crippen LogP contribution in [0.25, 0.3) is 0 Å². The molecule has 23 heavy (non-hydrogen) atoms. The zero-order valence-corrected chi connectivity index (χ0v) is 12.3. The van der Waals surface area contributed by atoms with E-state index in [0.29, 0.717) is 24.5 Å². The SMILES string of the molecule is O=C(c1ccc([N+](=O)[O-])cc1)N1CCC(Oc2ccccn2)C1. The van der Waals surface area contributed by atoms with Crippen molar-refractivity contribution >= 4 is 11.6 Å². The number of nitrogens with zero attached hydrogens (tertiary/aromatic N) is 3. The summed E-state index contributed by atoms with van der Waals surface area (Å²) in [7, 11) is 0. The van der Waals surface area contributed by atoms with Crippen molar-refractivity contribution in [2.24, 2.45) is 0 Å². The Hall–Kier alpha value is -2.96. The fraction of sp³-hybridized carbons (Fsp3) is 0.250. The lowest BCUT2D eigenvalue weighted by Gasteiger charge is -2.17. The molecule has 2 heterocycles. The van der Waals surface area contributed by atoms with Crippen LogP contribution in [0.2, 0.25) is 0 Å². The molecule has 7 nitrogen and oxygen atoms in total. The first kappa shape index (κ1) is 15.0. The Bertz CT molecular complexity index is 703. The second kappa shape index (κ2) is 6.43. The maximum absolute atomic E-state index is 12.4. The summed E-state index contributed by atoms with van der Waals surface area (Å²) < 4.78 is 5.75. The first-order valence-corrected chi connectivity index (χ1v) is 7.25. The van der Waals surface area contributed by atoms with Gasteiger partial charge in [0.05, 0.1) is 11.5 Å². The van der Waals surface area contributed by atoms with Crippen molar-refractivity contribution in [2.45, 2.75) is 12.5 Å². The van der Waals surface area contributed by atoms with Gasteiger partial charge in [0, 0.05) is 42.9 Å². The average Bonchev–Trinajstić information content (AvgIpc) is 3.03. The predicted octanol–water partition coefficient (Wildman–Crippen LogP) is 2.28. The number of amides is 1. The Labute approximate surface area is 132 Å². The zero-order valence-electron chi connectivity index (χ0n) is 12.3. The van der Waals surface area contributed by atoms with E-state index < -0.39 is 4.92 Å². The van der Waals surface area contributed by atoms with Crippen LogP contribution in [0, 0.1) is 10.1 Å². The number of ether oxygens (including phenoxy) is 1. The number of non-ortho nitro benzene ring substituents is 1. The van der Waals surface area contributed by atoms with E-state index in [-0.39, 0.29) is 17.7 Å². The molecule has 1 saturated heterocycles. The molecule has 1 aromatic carbocycles. The molecule has 1 aliphatic heterocycles. The van der Waals surface area contributed by atoms with Crippen molar-refractivity contribution in [2.75, 3.05) is 13.1 Å². The molecule has 0 N–H and O–H groups in total. The lowest BCUT2D eigenvalue weighted by atomic mass is 10.2. The number of aromatic nitrogens is 1. The molecule has 118 valence electrons. The van der Waals surface area contributed by atoms with Crippen molar-refractivity contribution in [1.29, 1.82) is 0 Å². The molecular formula is C16H15N3O4. The van der Waals surface area contributed by atoms with E-state index in [0.717, 1.165) is 6.42 Å². The van der Waals surface area contributed by atoms with Crippen molar-refractivity contribution in [3.63, 3.8) is 0 Å². The molecule has 1 fully saturated rings. The number of hydrogen-bond donors (Lipinski definition) is 0. The summed E-state index contributed by atoms with van der Waals surface area (Å²) in [5, 5.41) is 10.6. The Morgan fingerprint density at radius 1 is 1.26 bits per heavy atom. The second-order valence-corrected chi connectivity index (χ2v) is 5.25. The van der Waals surface area contributed by atoms with Crippen molar-refractivity contribution < 1.29 is 14.5 Å². The first-order chi connectivity index (χ1) is 11.1. The van der Waals surface area contributed by atoms with Crippen LogP contribution in [0.1, 0.15) is 16.8 Å². The Morgan fingerprint density at radius 2 is 2.04 bits per heavy atom. The summed E-state index contributed by atoms with van der Waals surface area (Å²) in [5.74, 6) is 0.397. The summed E-state index contributed by atoms with van der Waals surface area (Å²) in [4.78, 5) is 28.4. The van der Waals surface area contributed by atoms with Crippen LogP contribution in [0.15, 0.2) is 48.7 Å². The van der Waals surface area contributed by atoms with Crippen LogP contribution in [0.3, 0.4) is 0 Å². The van der Waals surface area contributed by atoms with E-state index >= 15 is 0 Å². The van der Waals surface area contributed by atoms with Gasteiger partial charge in [0.1, 0.15) is 6.10 Å². The van der Waals surface area contributed by atoms with E-state index in [1.807, 2.05) is 12.1 Å². The molecule has 2 aromatic rings. The van der Waals surface area contributed by atoms with E-state index in [1.165, 1.54) is 24.3 Å². The largest absolute Gasteiger partial charge is 0.472 e. The molecule has 7 heteroatoms. The molecule has 0 aliphatic carbocycles. The Kier molecular flexibility index (Phi) is 4.18. The lowest BCUT2D eigenvalue weighted by molar-refractivity contribution is -0.384. The van der Waals surface area contributed by atoms with Gasteiger partial charge in [-0.1, -0.05) is 6.07 Å². The number of likely N-dealkylation sites (tertiary alicyclic amines) is 1. The summed E-state index contributed by atoms with van der Waals surface area (Å²) in [6.45, 7) is 1.07. The highest BCUT2D eigenvalue weighted by Gasteiger charge is 2.28. The summed E-state index contributed by atoms with van der Waals surface area (Å²) in [6, 6.07) is 11.1. The van der Waals surface area contributed by atoms with Crippen molar-refractivity contribution in [3.05, 3.63) is 64.3 Å². The quantitative estimate of drug-likeness (QED) is 0.638. The number of nitro benzene ring substituents is 1. The second-order valence-electron chi connectivity index (χ2n) is 5.25. The Morgan fingerprint density at radius 3 is 2.70 bits per heavy atom. The van der Waals surface area contributed by atoms with Gasteiger partial charge in [-0.15, -0.1) is 0 Å². The van der Waals surface area contributed by atoms with E-state index in [2.05, 4.69) is 4.98 Å². The van der Waals surface area contributed by atoms with E-state index in [9.17, 15) is 14.9 Å².